The van der Waals surface area contributed by atoms with Gasteiger partial charge in [-0.25, -0.2) is 0 Å². The van der Waals surface area contributed by atoms with E-state index in [2.05, 4.69) is 37.9 Å². The lowest BCUT2D eigenvalue weighted by molar-refractivity contribution is -0.0224. The zero-order valence-corrected chi connectivity index (χ0v) is 12.9. The smallest absolute Gasteiger partial charge is 0.0335 e. The molecule has 0 bridgehead atoms. The van der Waals surface area contributed by atoms with Crippen LogP contribution in [-0.4, -0.2) is 35.6 Å². The third-order valence-corrected chi connectivity index (χ3v) is 5.21. The highest BCUT2D eigenvalue weighted by Crippen LogP contribution is 2.38. The SMILES string of the molecule is CCC1(C)CN(CC(C)C)C2(CCCCC2)CN1. The first kappa shape index (κ1) is 14.3. The zero-order chi connectivity index (χ0) is 13.2. The minimum atomic E-state index is 0.331. The molecule has 0 radical (unpaired) electrons. The van der Waals surface area contributed by atoms with Crippen molar-refractivity contribution >= 4 is 0 Å². The van der Waals surface area contributed by atoms with E-state index in [-0.39, 0.29) is 0 Å². The molecule has 1 saturated heterocycles. The number of nitrogens with zero attached hydrogens (tertiary/aromatic N) is 1. The van der Waals surface area contributed by atoms with Crippen molar-refractivity contribution < 1.29 is 0 Å². The molecule has 1 heterocycles. The van der Waals surface area contributed by atoms with Gasteiger partial charge < -0.3 is 5.32 Å². The Morgan fingerprint density at radius 1 is 1.17 bits per heavy atom. The monoisotopic (exact) mass is 252 g/mol. The van der Waals surface area contributed by atoms with Crippen LogP contribution in [0.15, 0.2) is 0 Å². The Bertz CT molecular complexity index is 268. The van der Waals surface area contributed by atoms with Gasteiger partial charge in [-0.2, -0.15) is 0 Å². The highest BCUT2D eigenvalue weighted by atomic mass is 15.3. The van der Waals surface area contributed by atoms with Crippen LogP contribution in [-0.2, 0) is 0 Å². The molecule has 2 heteroatoms. The van der Waals surface area contributed by atoms with Crippen molar-refractivity contribution in [3.05, 3.63) is 0 Å². The van der Waals surface area contributed by atoms with Crippen LogP contribution < -0.4 is 5.32 Å². The van der Waals surface area contributed by atoms with E-state index in [0.29, 0.717) is 11.1 Å². The van der Waals surface area contributed by atoms with E-state index >= 15 is 0 Å². The molecule has 106 valence electrons. The molecule has 0 aromatic heterocycles. The predicted molar refractivity (Wildman–Crippen MR) is 78.9 cm³/mol. The van der Waals surface area contributed by atoms with Crippen molar-refractivity contribution in [2.24, 2.45) is 5.92 Å². The second kappa shape index (κ2) is 5.50. The third kappa shape index (κ3) is 2.91. The fraction of sp³-hybridized carbons (Fsp3) is 1.00. The molecule has 1 unspecified atom stereocenters. The molecule has 1 atom stereocenters. The first-order chi connectivity index (χ1) is 8.50. The number of piperazine rings is 1. The summed E-state index contributed by atoms with van der Waals surface area (Å²) in [6.07, 6.45) is 8.36. The first-order valence-electron chi connectivity index (χ1n) is 8.00. The van der Waals surface area contributed by atoms with Crippen LogP contribution in [0.1, 0.15) is 66.2 Å². The molecule has 2 nitrogen and oxygen atoms in total. The third-order valence-electron chi connectivity index (χ3n) is 5.21. The standard InChI is InChI=1S/C16H32N2/c1-5-15(4)13-18(11-14(2)3)16(12-17-15)9-7-6-8-10-16/h14,17H,5-13H2,1-4H3. The number of rotatable bonds is 3. The summed E-state index contributed by atoms with van der Waals surface area (Å²) in [6, 6.07) is 0. The van der Waals surface area contributed by atoms with Gasteiger partial charge in [0, 0.05) is 30.7 Å². The molecule has 1 N–H and O–H groups in total. The van der Waals surface area contributed by atoms with E-state index in [1.807, 2.05) is 0 Å². The fourth-order valence-electron chi connectivity index (χ4n) is 3.77. The van der Waals surface area contributed by atoms with Crippen molar-refractivity contribution in [1.29, 1.82) is 0 Å². The molecule has 0 amide bonds. The summed E-state index contributed by atoms with van der Waals surface area (Å²) in [4.78, 5) is 2.84. The van der Waals surface area contributed by atoms with Crippen LogP contribution in [0.2, 0.25) is 0 Å². The molecule has 1 aliphatic carbocycles. The van der Waals surface area contributed by atoms with Gasteiger partial charge in [0.1, 0.15) is 0 Å². The molecular weight excluding hydrogens is 220 g/mol. The highest BCUT2D eigenvalue weighted by Gasteiger charge is 2.45. The van der Waals surface area contributed by atoms with Gasteiger partial charge in [0.25, 0.3) is 0 Å². The Labute approximate surface area is 114 Å². The number of nitrogens with one attached hydrogen (secondary N) is 1. The summed E-state index contributed by atoms with van der Waals surface area (Å²) in [5, 5.41) is 3.87. The minimum absolute atomic E-state index is 0.331. The molecule has 2 fully saturated rings. The largest absolute Gasteiger partial charge is 0.308 e. The highest BCUT2D eigenvalue weighted by molar-refractivity contribution is 5.04. The zero-order valence-electron chi connectivity index (χ0n) is 12.9. The van der Waals surface area contributed by atoms with Gasteiger partial charge in [-0.15, -0.1) is 0 Å². The Morgan fingerprint density at radius 3 is 2.39 bits per heavy atom. The fourth-order valence-corrected chi connectivity index (χ4v) is 3.77. The summed E-state index contributed by atoms with van der Waals surface area (Å²) in [5.41, 5.74) is 0.814. The summed E-state index contributed by atoms with van der Waals surface area (Å²) in [5.74, 6) is 0.781. The molecule has 18 heavy (non-hydrogen) atoms. The van der Waals surface area contributed by atoms with E-state index in [0.717, 1.165) is 5.92 Å². The van der Waals surface area contributed by atoms with Crippen LogP contribution in [0.3, 0.4) is 0 Å². The Morgan fingerprint density at radius 2 is 1.83 bits per heavy atom. The van der Waals surface area contributed by atoms with E-state index in [4.69, 9.17) is 0 Å². The second-order valence-electron chi connectivity index (χ2n) is 7.33. The van der Waals surface area contributed by atoms with Gasteiger partial charge in [0.2, 0.25) is 0 Å². The number of hydrogen-bond acceptors (Lipinski definition) is 2. The van der Waals surface area contributed by atoms with Crippen LogP contribution in [0.25, 0.3) is 0 Å². The second-order valence-corrected chi connectivity index (χ2v) is 7.33. The lowest BCUT2D eigenvalue weighted by atomic mass is 9.76. The maximum absolute atomic E-state index is 3.87. The van der Waals surface area contributed by atoms with Gasteiger partial charge in [0.15, 0.2) is 0 Å². The van der Waals surface area contributed by atoms with Crippen molar-refractivity contribution in [3.63, 3.8) is 0 Å². The van der Waals surface area contributed by atoms with Gasteiger partial charge in [0.05, 0.1) is 0 Å². The van der Waals surface area contributed by atoms with Crippen LogP contribution in [0.4, 0.5) is 0 Å². The number of hydrogen-bond donors (Lipinski definition) is 1. The van der Waals surface area contributed by atoms with Gasteiger partial charge in [-0.3, -0.25) is 4.90 Å². The first-order valence-corrected chi connectivity index (χ1v) is 8.00. The van der Waals surface area contributed by atoms with Crippen molar-refractivity contribution in [3.8, 4) is 0 Å². The Balaban J connectivity index is 2.13. The van der Waals surface area contributed by atoms with Crippen molar-refractivity contribution in [1.82, 2.24) is 10.2 Å². The van der Waals surface area contributed by atoms with Crippen LogP contribution >= 0.6 is 0 Å². The maximum Gasteiger partial charge on any atom is 0.0335 e. The van der Waals surface area contributed by atoms with Crippen LogP contribution in [0.5, 0.6) is 0 Å². The normalized spacial score (nSPS) is 33.2. The quantitative estimate of drug-likeness (QED) is 0.828. The van der Waals surface area contributed by atoms with Crippen LogP contribution in [0, 0.1) is 5.92 Å². The molecule has 2 aliphatic rings. The summed E-state index contributed by atoms with van der Waals surface area (Å²) >= 11 is 0. The topological polar surface area (TPSA) is 15.3 Å². The minimum Gasteiger partial charge on any atom is -0.308 e. The van der Waals surface area contributed by atoms with Crippen molar-refractivity contribution in [2.45, 2.75) is 77.3 Å². The molecule has 0 aromatic rings. The average molecular weight is 252 g/mol. The van der Waals surface area contributed by atoms with Gasteiger partial charge in [-0.05, 0) is 32.1 Å². The van der Waals surface area contributed by atoms with Crippen molar-refractivity contribution in [2.75, 3.05) is 19.6 Å². The lowest BCUT2D eigenvalue weighted by Crippen LogP contribution is -2.69. The molecule has 1 saturated carbocycles. The predicted octanol–water partition coefficient (Wildman–Crippen LogP) is 3.42. The molecule has 0 aromatic carbocycles. The van der Waals surface area contributed by atoms with Gasteiger partial charge in [-0.1, -0.05) is 40.0 Å². The van der Waals surface area contributed by atoms with E-state index < -0.39 is 0 Å². The summed E-state index contributed by atoms with van der Waals surface area (Å²) < 4.78 is 0. The summed E-state index contributed by atoms with van der Waals surface area (Å²) in [6.45, 7) is 13.2. The lowest BCUT2D eigenvalue weighted by Gasteiger charge is -2.56. The van der Waals surface area contributed by atoms with E-state index in [9.17, 15) is 0 Å². The summed E-state index contributed by atoms with van der Waals surface area (Å²) in [7, 11) is 0. The van der Waals surface area contributed by atoms with E-state index in [1.54, 1.807) is 0 Å². The van der Waals surface area contributed by atoms with E-state index in [1.165, 1.54) is 58.2 Å². The van der Waals surface area contributed by atoms with Gasteiger partial charge >= 0.3 is 0 Å². The maximum atomic E-state index is 3.87. The molecular formula is C16H32N2. The Hall–Kier alpha value is -0.0800. The average Bonchev–Trinajstić information content (AvgIpc) is 2.35. The Kier molecular flexibility index (Phi) is 4.38. The molecule has 2 rings (SSSR count). The molecule has 1 aliphatic heterocycles. The molecule has 1 spiro atoms.